The Morgan fingerprint density at radius 1 is 1.26 bits per heavy atom. The van der Waals surface area contributed by atoms with Crippen LogP contribution in [0.2, 0.25) is 0 Å². The van der Waals surface area contributed by atoms with E-state index in [9.17, 15) is 18.3 Å². The Morgan fingerprint density at radius 2 is 2.11 bits per heavy atom. The van der Waals surface area contributed by atoms with Gasteiger partial charge in [-0.25, -0.2) is 4.98 Å². The van der Waals surface area contributed by atoms with Gasteiger partial charge >= 0.3 is 6.18 Å². The van der Waals surface area contributed by atoms with Crippen molar-refractivity contribution >= 4 is 11.5 Å². The molecule has 27 heavy (non-hydrogen) atoms. The molecule has 0 aliphatic carbocycles. The van der Waals surface area contributed by atoms with Crippen LogP contribution in [0.5, 0.6) is 5.75 Å². The summed E-state index contributed by atoms with van der Waals surface area (Å²) in [5.74, 6) is -0.0724. The number of alkyl halides is 3. The number of benzene rings is 1. The fourth-order valence-electron chi connectivity index (χ4n) is 3.07. The second-order valence-corrected chi connectivity index (χ2v) is 6.31. The zero-order valence-electron chi connectivity index (χ0n) is 14.1. The minimum Gasteiger partial charge on any atom is -0.507 e. The molecule has 1 aliphatic heterocycles. The standard InChI is InChI=1S/C17H16F3N5O2/c18-17(19,20)10-3-4-12(14(26)6-10)15-13-7-21-9-25(13)16(24-23-15)22-11-2-1-5-27-8-11/h3-4,6-7,9,11,26H,1-2,5,8H2,(H,22,24). The third kappa shape index (κ3) is 3.39. The molecule has 1 fully saturated rings. The van der Waals surface area contributed by atoms with Gasteiger partial charge in [0.25, 0.3) is 0 Å². The summed E-state index contributed by atoms with van der Waals surface area (Å²) < 4.78 is 45.5. The Balaban J connectivity index is 1.71. The third-order valence-electron chi connectivity index (χ3n) is 4.43. The predicted molar refractivity (Wildman–Crippen MR) is 90.3 cm³/mol. The fraction of sp³-hybridized carbons (Fsp3) is 0.353. The Hall–Kier alpha value is -2.88. The van der Waals surface area contributed by atoms with Crippen molar-refractivity contribution in [1.82, 2.24) is 19.6 Å². The number of fused-ring (bicyclic) bond motifs is 1. The van der Waals surface area contributed by atoms with E-state index in [2.05, 4.69) is 20.5 Å². The Morgan fingerprint density at radius 3 is 2.81 bits per heavy atom. The highest BCUT2D eigenvalue weighted by atomic mass is 19.4. The van der Waals surface area contributed by atoms with Gasteiger partial charge in [0.15, 0.2) is 0 Å². The molecule has 1 aliphatic rings. The van der Waals surface area contributed by atoms with Crippen LogP contribution in [0.4, 0.5) is 19.1 Å². The molecule has 10 heteroatoms. The molecule has 0 amide bonds. The van der Waals surface area contributed by atoms with Gasteiger partial charge in [-0.3, -0.25) is 4.40 Å². The topological polar surface area (TPSA) is 84.6 Å². The molecule has 3 heterocycles. The van der Waals surface area contributed by atoms with Gasteiger partial charge in [0.2, 0.25) is 5.95 Å². The number of anilines is 1. The molecule has 2 N–H and O–H groups in total. The largest absolute Gasteiger partial charge is 0.507 e. The molecule has 2 aromatic heterocycles. The highest BCUT2D eigenvalue weighted by Gasteiger charge is 2.31. The summed E-state index contributed by atoms with van der Waals surface area (Å²) >= 11 is 0. The van der Waals surface area contributed by atoms with Crippen LogP contribution in [0.15, 0.2) is 30.7 Å². The maximum absolute atomic E-state index is 12.8. The summed E-state index contributed by atoms with van der Waals surface area (Å²) in [5.41, 5.74) is -0.0335. The summed E-state index contributed by atoms with van der Waals surface area (Å²) in [6.07, 6.45) is 0.378. The van der Waals surface area contributed by atoms with Gasteiger partial charge in [-0.05, 0) is 31.0 Å². The molecule has 1 atom stereocenters. The molecule has 1 aromatic carbocycles. The number of aromatic nitrogens is 4. The molecule has 0 bridgehead atoms. The van der Waals surface area contributed by atoms with Crippen molar-refractivity contribution in [1.29, 1.82) is 0 Å². The van der Waals surface area contributed by atoms with Crippen molar-refractivity contribution in [2.45, 2.75) is 25.1 Å². The molecule has 3 aromatic rings. The summed E-state index contributed by atoms with van der Waals surface area (Å²) in [6.45, 7) is 1.29. The van der Waals surface area contributed by atoms with Gasteiger partial charge < -0.3 is 15.2 Å². The van der Waals surface area contributed by atoms with Crippen LogP contribution in [0, 0.1) is 0 Å². The number of hydrogen-bond acceptors (Lipinski definition) is 6. The van der Waals surface area contributed by atoms with Crippen LogP contribution in [-0.2, 0) is 10.9 Å². The SMILES string of the molecule is Oc1cc(C(F)(F)F)ccc1-c1nnc(NC2CCCOC2)n2cncc12. The molecule has 0 radical (unpaired) electrons. The van der Waals surface area contributed by atoms with Crippen LogP contribution in [0.1, 0.15) is 18.4 Å². The van der Waals surface area contributed by atoms with Crippen molar-refractivity contribution in [3.8, 4) is 17.0 Å². The zero-order chi connectivity index (χ0) is 19.0. The Kier molecular flexibility index (Phi) is 4.34. The molecule has 4 rings (SSSR count). The zero-order valence-corrected chi connectivity index (χ0v) is 14.1. The lowest BCUT2D eigenvalue weighted by Gasteiger charge is -2.23. The second-order valence-electron chi connectivity index (χ2n) is 6.31. The number of ether oxygens (including phenoxy) is 1. The summed E-state index contributed by atoms with van der Waals surface area (Å²) in [7, 11) is 0. The van der Waals surface area contributed by atoms with Gasteiger partial charge in [0, 0.05) is 12.2 Å². The average Bonchev–Trinajstić information content (AvgIpc) is 3.13. The fourth-order valence-corrected chi connectivity index (χ4v) is 3.07. The average molecular weight is 379 g/mol. The van der Waals surface area contributed by atoms with Crippen molar-refractivity contribution in [2.24, 2.45) is 0 Å². The number of nitrogens with one attached hydrogen (secondary N) is 1. The summed E-state index contributed by atoms with van der Waals surface area (Å²) in [5, 5.41) is 21.6. The van der Waals surface area contributed by atoms with Crippen molar-refractivity contribution in [3.63, 3.8) is 0 Å². The number of rotatable bonds is 3. The van der Waals surface area contributed by atoms with Gasteiger partial charge in [-0.15, -0.1) is 10.2 Å². The lowest BCUT2D eigenvalue weighted by atomic mass is 10.1. The first-order chi connectivity index (χ1) is 12.9. The number of aromatic hydroxyl groups is 1. The third-order valence-corrected chi connectivity index (χ3v) is 4.43. The first kappa shape index (κ1) is 17.5. The van der Waals surface area contributed by atoms with Crippen LogP contribution < -0.4 is 5.32 Å². The van der Waals surface area contributed by atoms with E-state index in [4.69, 9.17) is 4.74 Å². The predicted octanol–water partition coefficient (Wildman–Crippen LogP) is 3.11. The number of nitrogens with zero attached hydrogens (tertiary/aromatic N) is 4. The molecule has 1 saturated heterocycles. The van der Waals surface area contributed by atoms with Crippen molar-refractivity contribution in [2.75, 3.05) is 18.5 Å². The van der Waals surface area contributed by atoms with Crippen LogP contribution >= 0.6 is 0 Å². The van der Waals surface area contributed by atoms with E-state index in [-0.39, 0.29) is 17.3 Å². The van der Waals surface area contributed by atoms with Crippen molar-refractivity contribution < 1.29 is 23.0 Å². The first-order valence-electron chi connectivity index (χ1n) is 8.37. The van der Waals surface area contributed by atoms with E-state index < -0.39 is 17.5 Å². The molecular formula is C17H16F3N5O2. The van der Waals surface area contributed by atoms with Crippen molar-refractivity contribution in [3.05, 3.63) is 36.3 Å². The maximum atomic E-state index is 12.8. The number of halogens is 3. The minimum atomic E-state index is -4.54. The molecule has 0 spiro atoms. The summed E-state index contributed by atoms with van der Waals surface area (Å²) in [6, 6.07) is 2.84. The smallest absolute Gasteiger partial charge is 0.416 e. The van der Waals surface area contributed by atoms with Gasteiger partial charge in [0.1, 0.15) is 17.8 Å². The van der Waals surface area contributed by atoms with Crippen LogP contribution in [0.25, 0.3) is 16.8 Å². The minimum absolute atomic E-state index is 0.0870. The van der Waals surface area contributed by atoms with Crippen LogP contribution in [0.3, 0.4) is 0 Å². The number of hydrogen-bond donors (Lipinski definition) is 2. The quantitative estimate of drug-likeness (QED) is 0.728. The molecule has 0 saturated carbocycles. The van der Waals surface area contributed by atoms with Gasteiger partial charge in [-0.2, -0.15) is 13.2 Å². The van der Waals surface area contributed by atoms with E-state index in [0.717, 1.165) is 25.5 Å². The highest BCUT2D eigenvalue weighted by molar-refractivity contribution is 5.80. The highest BCUT2D eigenvalue weighted by Crippen LogP contribution is 2.37. The molecular weight excluding hydrogens is 363 g/mol. The molecule has 7 nitrogen and oxygen atoms in total. The summed E-state index contributed by atoms with van der Waals surface area (Å²) in [4.78, 5) is 4.08. The molecule has 1 unspecified atom stereocenters. The normalized spacial score (nSPS) is 18.0. The van der Waals surface area contributed by atoms with E-state index in [1.54, 1.807) is 4.40 Å². The van der Waals surface area contributed by atoms with Crippen LogP contribution in [-0.4, -0.2) is 43.9 Å². The number of imidazole rings is 1. The lowest BCUT2D eigenvalue weighted by Crippen LogP contribution is -2.31. The molecule has 142 valence electrons. The monoisotopic (exact) mass is 379 g/mol. The van der Waals surface area contributed by atoms with E-state index in [0.29, 0.717) is 24.1 Å². The Labute approximate surface area is 151 Å². The van der Waals surface area contributed by atoms with E-state index in [1.807, 2.05) is 0 Å². The van der Waals surface area contributed by atoms with Gasteiger partial charge in [0.05, 0.1) is 29.9 Å². The van der Waals surface area contributed by atoms with E-state index in [1.165, 1.54) is 18.6 Å². The Bertz CT molecular complexity index is 967. The maximum Gasteiger partial charge on any atom is 0.416 e. The lowest BCUT2D eigenvalue weighted by molar-refractivity contribution is -0.137. The number of phenolic OH excluding ortho intramolecular Hbond substituents is 1. The number of phenols is 1. The first-order valence-corrected chi connectivity index (χ1v) is 8.37. The van der Waals surface area contributed by atoms with Gasteiger partial charge in [-0.1, -0.05) is 0 Å². The van der Waals surface area contributed by atoms with E-state index >= 15 is 0 Å². The second kappa shape index (κ2) is 6.69.